The number of sulfonamides is 1. The molecule has 0 spiro atoms. The van der Waals surface area contributed by atoms with Gasteiger partial charge in [0, 0.05) is 16.7 Å². The molecule has 0 atom stereocenters. The summed E-state index contributed by atoms with van der Waals surface area (Å²) in [6.07, 6.45) is 1.38. The number of rotatable bonds is 4. The lowest BCUT2D eigenvalue weighted by atomic mass is 10.1. The van der Waals surface area contributed by atoms with E-state index in [1.807, 2.05) is 26.0 Å². The number of nitrogens with two attached hydrogens (primary N) is 1. The number of hydrazine groups is 1. The first-order chi connectivity index (χ1) is 9.83. The Hall–Kier alpha value is -1.64. The Morgan fingerprint density at radius 3 is 2.57 bits per heavy atom. The van der Waals surface area contributed by atoms with Crippen LogP contribution in [0.1, 0.15) is 11.1 Å². The van der Waals surface area contributed by atoms with Crippen LogP contribution in [0.15, 0.2) is 39.8 Å². The molecule has 0 amide bonds. The highest BCUT2D eigenvalue weighted by Crippen LogP contribution is 2.30. The van der Waals surface area contributed by atoms with Gasteiger partial charge in [0.05, 0.1) is 10.6 Å². The molecule has 0 saturated carbocycles. The van der Waals surface area contributed by atoms with E-state index < -0.39 is 10.0 Å². The molecule has 2 rings (SSSR count). The van der Waals surface area contributed by atoms with Crippen LogP contribution in [0, 0.1) is 13.8 Å². The first-order valence-corrected chi connectivity index (χ1v) is 8.33. The Morgan fingerprint density at radius 1 is 1.24 bits per heavy atom. The Bertz CT molecular complexity index is 754. The second-order valence-corrected chi connectivity index (χ2v) is 7.10. The molecular formula is C13H15BrN4O2S. The maximum absolute atomic E-state index is 12.4. The lowest BCUT2D eigenvalue weighted by Crippen LogP contribution is -2.16. The molecule has 0 aliphatic heterocycles. The molecule has 8 heteroatoms. The smallest absolute Gasteiger partial charge is 0.262 e. The van der Waals surface area contributed by atoms with Gasteiger partial charge >= 0.3 is 0 Å². The lowest BCUT2D eigenvalue weighted by Gasteiger charge is -2.13. The fourth-order valence-electron chi connectivity index (χ4n) is 1.90. The molecule has 1 aromatic heterocycles. The fraction of sp³-hybridized carbons (Fsp3) is 0.154. The average molecular weight is 371 g/mol. The summed E-state index contributed by atoms with van der Waals surface area (Å²) >= 11 is 3.38. The molecule has 1 aromatic carbocycles. The van der Waals surface area contributed by atoms with E-state index in [0.29, 0.717) is 10.2 Å². The highest BCUT2D eigenvalue weighted by molar-refractivity contribution is 9.10. The minimum absolute atomic E-state index is 0.0809. The summed E-state index contributed by atoms with van der Waals surface area (Å²) in [6, 6.07) is 6.52. The molecule has 0 unspecified atom stereocenters. The summed E-state index contributed by atoms with van der Waals surface area (Å²) in [5, 5.41) is 0. The number of hydrogen-bond acceptors (Lipinski definition) is 5. The number of nitrogen functional groups attached to an aromatic ring is 1. The van der Waals surface area contributed by atoms with Crippen LogP contribution >= 0.6 is 15.9 Å². The van der Waals surface area contributed by atoms with E-state index in [4.69, 9.17) is 5.84 Å². The van der Waals surface area contributed by atoms with Crippen LogP contribution in [0.4, 0.5) is 11.5 Å². The van der Waals surface area contributed by atoms with E-state index in [-0.39, 0.29) is 10.7 Å². The SMILES string of the molecule is Cc1cc(C)c(NS(=O)(=O)c2ccnc(NN)c2)c(Br)c1. The summed E-state index contributed by atoms with van der Waals surface area (Å²) in [5.41, 5.74) is 4.71. The molecule has 21 heavy (non-hydrogen) atoms. The van der Waals surface area contributed by atoms with Gasteiger partial charge in [-0.05, 0) is 53.0 Å². The minimum atomic E-state index is -3.72. The van der Waals surface area contributed by atoms with Gasteiger partial charge in [0.15, 0.2) is 0 Å². The highest BCUT2D eigenvalue weighted by atomic mass is 79.9. The van der Waals surface area contributed by atoms with Crippen molar-refractivity contribution < 1.29 is 8.42 Å². The molecule has 112 valence electrons. The van der Waals surface area contributed by atoms with Gasteiger partial charge in [-0.2, -0.15) is 0 Å². The number of pyridine rings is 1. The van der Waals surface area contributed by atoms with Crippen molar-refractivity contribution in [2.24, 2.45) is 5.84 Å². The number of hydrogen-bond donors (Lipinski definition) is 3. The molecule has 0 aliphatic carbocycles. The third-order valence-electron chi connectivity index (χ3n) is 2.86. The van der Waals surface area contributed by atoms with Gasteiger partial charge < -0.3 is 5.43 Å². The number of benzene rings is 1. The van der Waals surface area contributed by atoms with Crippen molar-refractivity contribution in [3.8, 4) is 0 Å². The normalized spacial score (nSPS) is 11.2. The molecule has 6 nitrogen and oxygen atoms in total. The van der Waals surface area contributed by atoms with Gasteiger partial charge in [-0.1, -0.05) is 6.07 Å². The predicted octanol–water partition coefficient (Wildman–Crippen LogP) is 2.55. The number of aryl methyl sites for hydroxylation is 2. The van der Waals surface area contributed by atoms with E-state index in [1.165, 1.54) is 18.3 Å². The Labute approximate surface area is 131 Å². The third-order valence-corrected chi connectivity index (χ3v) is 4.83. The summed E-state index contributed by atoms with van der Waals surface area (Å²) < 4.78 is 28.1. The van der Waals surface area contributed by atoms with E-state index in [9.17, 15) is 8.42 Å². The largest absolute Gasteiger partial charge is 0.308 e. The standard InChI is InChI=1S/C13H15BrN4O2S/c1-8-5-9(2)13(11(14)6-8)18-21(19,20)10-3-4-16-12(7-10)17-15/h3-7,18H,15H2,1-2H3,(H,16,17). The first-order valence-electron chi connectivity index (χ1n) is 6.06. The van der Waals surface area contributed by atoms with E-state index in [0.717, 1.165) is 11.1 Å². The van der Waals surface area contributed by atoms with Crippen LogP contribution < -0.4 is 16.0 Å². The first kappa shape index (κ1) is 15.7. The molecule has 0 radical (unpaired) electrons. The van der Waals surface area contributed by atoms with E-state index in [1.54, 1.807) is 0 Å². The zero-order valence-corrected chi connectivity index (χ0v) is 13.9. The zero-order chi connectivity index (χ0) is 15.6. The lowest BCUT2D eigenvalue weighted by molar-refractivity contribution is 0.601. The number of anilines is 2. The molecule has 0 fully saturated rings. The van der Waals surface area contributed by atoms with Gasteiger partial charge in [0.25, 0.3) is 10.0 Å². The van der Waals surface area contributed by atoms with Crippen LogP contribution in [0.3, 0.4) is 0 Å². The summed E-state index contributed by atoms with van der Waals surface area (Å²) in [4.78, 5) is 3.97. The quantitative estimate of drug-likeness (QED) is 0.567. The maximum atomic E-state index is 12.4. The molecule has 2 aromatic rings. The summed E-state index contributed by atoms with van der Waals surface area (Å²) in [5.74, 6) is 5.52. The third kappa shape index (κ3) is 3.52. The van der Waals surface area contributed by atoms with Crippen LogP contribution in [-0.4, -0.2) is 13.4 Å². The molecule has 1 heterocycles. The van der Waals surface area contributed by atoms with Gasteiger partial charge in [-0.3, -0.25) is 4.72 Å². The molecule has 0 aliphatic rings. The van der Waals surface area contributed by atoms with Crippen molar-refractivity contribution in [2.45, 2.75) is 18.7 Å². The molecule has 0 saturated heterocycles. The van der Waals surface area contributed by atoms with Crippen molar-refractivity contribution in [1.29, 1.82) is 0 Å². The molecular weight excluding hydrogens is 356 g/mol. The van der Waals surface area contributed by atoms with Crippen LogP contribution in [-0.2, 0) is 10.0 Å². The number of nitrogens with one attached hydrogen (secondary N) is 2. The second kappa shape index (κ2) is 6.00. The van der Waals surface area contributed by atoms with Crippen molar-refractivity contribution in [3.05, 3.63) is 46.1 Å². The summed E-state index contributed by atoms with van der Waals surface area (Å²) in [6.45, 7) is 3.78. The van der Waals surface area contributed by atoms with Gasteiger partial charge in [0.1, 0.15) is 5.82 Å². The maximum Gasteiger partial charge on any atom is 0.262 e. The average Bonchev–Trinajstić information content (AvgIpc) is 2.43. The van der Waals surface area contributed by atoms with Crippen LogP contribution in [0.5, 0.6) is 0 Å². The monoisotopic (exact) mass is 370 g/mol. The second-order valence-electron chi connectivity index (χ2n) is 4.57. The summed E-state index contributed by atoms with van der Waals surface area (Å²) in [7, 11) is -3.72. The number of halogens is 1. The Kier molecular flexibility index (Phi) is 4.50. The predicted molar refractivity (Wildman–Crippen MR) is 86.5 cm³/mol. The minimum Gasteiger partial charge on any atom is -0.308 e. The zero-order valence-electron chi connectivity index (χ0n) is 11.5. The van der Waals surface area contributed by atoms with E-state index >= 15 is 0 Å². The van der Waals surface area contributed by atoms with Gasteiger partial charge in [-0.25, -0.2) is 19.2 Å². The van der Waals surface area contributed by atoms with Gasteiger partial charge in [-0.15, -0.1) is 0 Å². The number of nitrogens with zero attached hydrogens (tertiary/aromatic N) is 1. The molecule has 0 bridgehead atoms. The van der Waals surface area contributed by atoms with E-state index in [2.05, 4.69) is 31.1 Å². The van der Waals surface area contributed by atoms with Crippen molar-refractivity contribution in [2.75, 3.05) is 10.1 Å². The van der Waals surface area contributed by atoms with Crippen LogP contribution in [0.2, 0.25) is 0 Å². The van der Waals surface area contributed by atoms with Crippen molar-refractivity contribution >= 4 is 37.5 Å². The fourth-order valence-corrected chi connectivity index (χ4v) is 3.96. The molecule has 4 N–H and O–H groups in total. The number of aromatic nitrogens is 1. The van der Waals surface area contributed by atoms with Crippen LogP contribution in [0.25, 0.3) is 0 Å². The topological polar surface area (TPSA) is 97.1 Å². The van der Waals surface area contributed by atoms with Gasteiger partial charge in [0.2, 0.25) is 0 Å². The Balaban J connectivity index is 2.42. The van der Waals surface area contributed by atoms with Crippen molar-refractivity contribution in [1.82, 2.24) is 4.98 Å². The van der Waals surface area contributed by atoms with Crippen molar-refractivity contribution in [3.63, 3.8) is 0 Å². The Morgan fingerprint density at radius 2 is 1.95 bits per heavy atom. The highest BCUT2D eigenvalue weighted by Gasteiger charge is 2.18.